The molecule has 28 heavy (non-hydrogen) atoms. The Morgan fingerprint density at radius 3 is 2.07 bits per heavy atom. The average Bonchev–Trinajstić information content (AvgIpc) is 2.69. The molecular formula is C23H27FN2O2. The minimum atomic E-state index is -0.333. The van der Waals surface area contributed by atoms with E-state index in [0.29, 0.717) is 37.2 Å². The maximum Gasteiger partial charge on any atom is 0.253 e. The topological polar surface area (TPSA) is 49.4 Å². The fourth-order valence-corrected chi connectivity index (χ4v) is 3.42. The van der Waals surface area contributed by atoms with E-state index < -0.39 is 0 Å². The molecule has 5 heteroatoms. The molecule has 4 nitrogen and oxygen atoms in total. The molecule has 0 aromatic heterocycles. The molecule has 1 fully saturated rings. The van der Waals surface area contributed by atoms with Crippen molar-refractivity contribution in [2.24, 2.45) is 5.92 Å². The van der Waals surface area contributed by atoms with Crippen LogP contribution in [-0.4, -0.2) is 29.8 Å². The van der Waals surface area contributed by atoms with Gasteiger partial charge < -0.3 is 10.2 Å². The molecule has 0 atom stereocenters. The molecule has 0 aliphatic carbocycles. The van der Waals surface area contributed by atoms with E-state index in [1.807, 2.05) is 29.2 Å². The van der Waals surface area contributed by atoms with Crippen molar-refractivity contribution in [3.63, 3.8) is 0 Å². The number of likely N-dealkylation sites (tertiary alicyclic amines) is 1. The van der Waals surface area contributed by atoms with Crippen LogP contribution in [0.1, 0.15) is 49.5 Å². The van der Waals surface area contributed by atoms with Gasteiger partial charge in [-0.1, -0.05) is 32.9 Å². The Morgan fingerprint density at radius 1 is 0.964 bits per heavy atom. The Bertz CT molecular complexity index is 830. The van der Waals surface area contributed by atoms with Crippen molar-refractivity contribution >= 4 is 17.5 Å². The fraction of sp³-hybridized carbons (Fsp3) is 0.391. The molecular weight excluding hydrogens is 355 g/mol. The van der Waals surface area contributed by atoms with E-state index in [1.165, 1.54) is 17.7 Å². The molecule has 0 spiro atoms. The first-order valence-electron chi connectivity index (χ1n) is 9.70. The van der Waals surface area contributed by atoms with E-state index in [1.54, 1.807) is 12.1 Å². The van der Waals surface area contributed by atoms with Crippen LogP contribution in [0.3, 0.4) is 0 Å². The highest BCUT2D eigenvalue weighted by Crippen LogP contribution is 2.24. The third kappa shape index (κ3) is 4.77. The third-order valence-electron chi connectivity index (χ3n) is 5.26. The standard InChI is InChI=1S/C23H27FN2O2/c1-23(2,3)18-6-4-17(5-7-18)22(28)26-14-12-16(13-15-26)21(27)25-20-10-8-19(24)9-11-20/h4-11,16H,12-15H2,1-3H3,(H,25,27). The molecule has 1 aliphatic heterocycles. The first-order chi connectivity index (χ1) is 13.2. The Hall–Kier alpha value is -2.69. The van der Waals surface area contributed by atoms with Crippen LogP contribution in [0, 0.1) is 11.7 Å². The average molecular weight is 382 g/mol. The molecule has 3 rings (SSSR count). The van der Waals surface area contributed by atoms with Crippen LogP contribution in [0.2, 0.25) is 0 Å². The Kier molecular flexibility index (Phi) is 5.82. The summed E-state index contributed by atoms with van der Waals surface area (Å²) in [5.41, 5.74) is 2.52. The number of nitrogens with one attached hydrogen (secondary N) is 1. The molecule has 0 bridgehead atoms. The van der Waals surface area contributed by atoms with Crippen molar-refractivity contribution in [3.8, 4) is 0 Å². The molecule has 0 radical (unpaired) electrons. The SMILES string of the molecule is CC(C)(C)c1ccc(C(=O)N2CCC(C(=O)Nc3ccc(F)cc3)CC2)cc1. The van der Waals surface area contributed by atoms with E-state index in [-0.39, 0.29) is 29.0 Å². The molecule has 2 aromatic rings. The van der Waals surface area contributed by atoms with Crippen molar-refractivity contribution in [3.05, 3.63) is 65.5 Å². The Morgan fingerprint density at radius 2 is 1.54 bits per heavy atom. The minimum Gasteiger partial charge on any atom is -0.339 e. The predicted octanol–water partition coefficient (Wildman–Crippen LogP) is 4.61. The second-order valence-electron chi connectivity index (χ2n) is 8.39. The number of piperidine rings is 1. The number of amides is 2. The van der Waals surface area contributed by atoms with Gasteiger partial charge in [0, 0.05) is 30.3 Å². The van der Waals surface area contributed by atoms with Gasteiger partial charge in [-0.3, -0.25) is 9.59 Å². The van der Waals surface area contributed by atoms with Crippen LogP contribution in [0.25, 0.3) is 0 Å². The predicted molar refractivity (Wildman–Crippen MR) is 109 cm³/mol. The van der Waals surface area contributed by atoms with E-state index in [4.69, 9.17) is 0 Å². The summed E-state index contributed by atoms with van der Waals surface area (Å²) in [4.78, 5) is 27.0. The second-order valence-corrected chi connectivity index (χ2v) is 8.39. The first-order valence-corrected chi connectivity index (χ1v) is 9.70. The van der Waals surface area contributed by atoms with Crippen LogP contribution >= 0.6 is 0 Å². The lowest BCUT2D eigenvalue weighted by Crippen LogP contribution is -2.41. The number of nitrogens with zero attached hydrogens (tertiary/aromatic N) is 1. The fourth-order valence-electron chi connectivity index (χ4n) is 3.42. The summed E-state index contributed by atoms with van der Waals surface area (Å²) in [7, 11) is 0. The lowest BCUT2D eigenvalue weighted by molar-refractivity contribution is -0.121. The summed E-state index contributed by atoms with van der Waals surface area (Å²) in [5.74, 6) is -0.538. The van der Waals surface area contributed by atoms with Crippen LogP contribution < -0.4 is 5.32 Å². The van der Waals surface area contributed by atoms with Gasteiger partial charge in [-0.25, -0.2) is 4.39 Å². The summed E-state index contributed by atoms with van der Waals surface area (Å²) < 4.78 is 13.0. The summed E-state index contributed by atoms with van der Waals surface area (Å²) in [6, 6.07) is 13.5. The van der Waals surface area contributed by atoms with Gasteiger partial charge in [-0.2, -0.15) is 0 Å². The highest BCUT2D eigenvalue weighted by Gasteiger charge is 2.28. The molecule has 1 saturated heterocycles. The number of carbonyl (C=O) groups excluding carboxylic acids is 2. The number of halogens is 1. The largest absolute Gasteiger partial charge is 0.339 e. The second kappa shape index (κ2) is 8.13. The van der Waals surface area contributed by atoms with Gasteiger partial charge in [0.2, 0.25) is 5.91 Å². The van der Waals surface area contributed by atoms with Crippen molar-refractivity contribution in [2.75, 3.05) is 18.4 Å². The number of hydrogen-bond acceptors (Lipinski definition) is 2. The molecule has 1 N–H and O–H groups in total. The van der Waals surface area contributed by atoms with Crippen molar-refractivity contribution in [2.45, 2.75) is 39.0 Å². The van der Waals surface area contributed by atoms with Crippen LogP contribution in [0.15, 0.2) is 48.5 Å². The number of carbonyl (C=O) groups is 2. The van der Waals surface area contributed by atoms with Gasteiger partial charge in [0.25, 0.3) is 5.91 Å². The Balaban J connectivity index is 1.55. The zero-order chi connectivity index (χ0) is 20.3. The first kappa shape index (κ1) is 20.1. The normalized spacial score (nSPS) is 15.4. The summed E-state index contributed by atoms with van der Waals surface area (Å²) in [6.45, 7) is 7.55. The van der Waals surface area contributed by atoms with Gasteiger partial charge in [0.1, 0.15) is 5.82 Å². The summed E-state index contributed by atoms with van der Waals surface area (Å²) >= 11 is 0. The molecule has 0 unspecified atom stereocenters. The maximum absolute atomic E-state index is 13.0. The van der Waals surface area contributed by atoms with E-state index in [9.17, 15) is 14.0 Å². The molecule has 2 aromatic carbocycles. The quantitative estimate of drug-likeness (QED) is 0.842. The monoisotopic (exact) mass is 382 g/mol. The molecule has 2 amide bonds. The highest BCUT2D eigenvalue weighted by molar-refractivity contribution is 5.95. The van der Waals surface area contributed by atoms with Gasteiger partial charge >= 0.3 is 0 Å². The summed E-state index contributed by atoms with van der Waals surface area (Å²) in [5, 5.41) is 2.83. The van der Waals surface area contributed by atoms with Gasteiger partial charge in [0.05, 0.1) is 0 Å². The molecule has 1 heterocycles. The number of rotatable bonds is 3. The summed E-state index contributed by atoms with van der Waals surface area (Å²) in [6.07, 6.45) is 1.25. The lowest BCUT2D eigenvalue weighted by atomic mass is 9.86. The van der Waals surface area contributed by atoms with Crippen molar-refractivity contribution in [1.29, 1.82) is 0 Å². The van der Waals surface area contributed by atoms with Gasteiger partial charge in [0.15, 0.2) is 0 Å². The number of hydrogen-bond donors (Lipinski definition) is 1. The van der Waals surface area contributed by atoms with Gasteiger partial charge in [-0.05, 0) is 60.2 Å². The molecule has 1 aliphatic rings. The van der Waals surface area contributed by atoms with Crippen molar-refractivity contribution < 1.29 is 14.0 Å². The van der Waals surface area contributed by atoms with Crippen LogP contribution in [0.4, 0.5) is 10.1 Å². The number of anilines is 1. The van der Waals surface area contributed by atoms with E-state index in [0.717, 1.165) is 0 Å². The van der Waals surface area contributed by atoms with Gasteiger partial charge in [-0.15, -0.1) is 0 Å². The van der Waals surface area contributed by atoms with Crippen molar-refractivity contribution in [1.82, 2.24) is 4.90 Å². The van der Waals surface area contributed by atoms with Crippen LogP contribution in [-0.2, 0) is 10.2 Å². The lowest BCUT2D eigenvalue weighted by Gasteiger charge is -2.31. The molecule has 0 saturated carbocycles. The minimum absolute atomic E-state index is 0.0119. The zero-order valence-corrected chi connectivity index (χ0v) is 16.7. The van der Waals surface area contributed by atoms with E-state index in [2.05, 4.69) is 26.1 Å². The van der Waals surface area contributed by atoms with Crippen LogP contribution in [0.5, 0.6) is 0 Å². The smallest absolute Gasteiger partial charge is 0.253 e. The maximum atomic E-state index is 13.0. The van der Waals surface area contributed by atoms with E-state index >= 15 is 0 Å². The molecule has 148 valence electrons. The third-order valence-corrected chi connectivity index (χ3v) is 5.26. The highest BCUT2D eigenvalue weighted by atomic mass is 19.1. The zero-order valence-electron chi connectivity index (χ0n) is 16.7. The Labute approximate surface area is 165 Å². The number of benzene rings is 2.